The molecule has 0 aromatic heterocycles. The average Bonchev–Trinajstić information content (AvgIpc) is 2.45. The molecule has 4 N–H and O–H groups in total. The van der Waals surface area contributed by atoms with Gasteiger partial charge < -0.3 is 15.3 Å². The van der Waals surface area contributed by atoms with Crippen LogP contribution in [0.4, 0.5) is 0 Å². The number of nitrogens with zero attached hydrogens (tertiary/aromatic N) is 1. The fourth-order valence-corrected chi connectivity index (χ4v) is 1.27. The van der Waals surface area contributed by atoms with Crippen molar-refractivity contribution in [3.05, 3.63) is 47.5 Å². The van der Waals surface area contributed by atoms with Gasteiger partial charge in [-0.25, -0.2) is 19.9 Å². The highest BCUT2D eigenvalue weighted by Gasteiger charge is 2.15. The smallest absolute Gasteiger partial charge is 0.331 e. The van der Waals surface area contributed by atoms with Crippen molar-refractivity contribution in [1.29, 1.82) is 5.53 Å². The van der Waals surface area contributed by atoms with Gasteiger partial charge in [-0.2, -0.15) is 5.11 Å². The van der Waals surface area contributed by atoms with E-state index >= 15 is 0 Å². The average molecular weight is 308 g/mol. The number of nitrogens with one attached hydrogen (secondary N) is 1. The van der Waals surface area contributed by atoms with E-state index < -0.39 is 23.9 Å². The fraction of sp³-hybridized carbons (Fsp3) is 0.214. The standard InChI is InChI=1S/C9H10N2O2.C5H6O4/c10-11-8(9(12)13)6-7-4-2-1-3-5-7;1-3(5(8)9)2-4(6)7/h1-5,8,10H,6H2,(H,12,13);2H,1H3,(H,6,7)(H,8,9)/b;3-2-. The first-order chi connectivity index (χ1) is 10.3. The molecule has 1 unspecified atom stereocenters. The van der Waals surface area contributed by atoms with Crippen LogP contribution in [-0.2, 0) is 20.8 Å². The number of hydrogen-bond acceptors (Lipinski definition) is 5. The maximum atomic E-state index is 10.5. The molecule has 0 spiro atoms. The van der Waals surface area contributed by atoms with Crippen molar-refractivity contribution in [3.8, 4) is 0 Å². The fourth-order valence-electron chi connectivity index (χ4n) is 1.27. The number of rotatable bonds is 6. The Morgan fingerprint density at radius 1 is 1.18 bits per heavy atom. The first-order valence-electron chi connectivity index (χ1n) is 6.05. The number of carboxylic acids is 3. The Hall–Kier alpha value is -3.03. The maximum absolute atomic E-state index is 10.5. The molecule has 8 heteroatoms. The van der Waals surface area contributed by atoms with E-state index in [-0.39, 0.29) is 12.0 Å². The van der Waals surface area contributed by atoms with Gasteiger partial charge in [0.05, 0.1) is 0 Å². The third-order valence-corrected chi connectivity index (χ3v) is 2.39. The first-order valence-corrected chi connectivity index (χ1v) is 6.05. The zero-order chi connectivity index (χ0) is 17.1. The zero-order valence-electron chi connectivity index (χ0n) is 11.8. The third kappa shape index (κ3) is 8.20. The topological polar surface area (TPSA) is 148 Å². The lowest BCUT2D eigenvalue weighted by Crippen LogP contribution is -2.19. The minimum absolute atomic E-state index is 0.178. The molecule has 8 nitrogen and oxygen atoms in total. The largest absolute Gasteiger partial charge is 0.480 e. The van der Waals surface area contributed by atoms with Gasteiger partial charge in [0.15, 0.2) is 6.04 Å². The van der Waals surface area contributed by atoms with Crippen LogP contribution in [0, 0.1) is 5.53 Å². The van der Waals surface area contributed by atoms with Gasteiger partial charge in [0, 0.05) is 18.1 Å². The second kappa shape index (κ2) is 9.81. The highest BCUT2D eigenvalue weighted by atomic mass is 16.4. The normalized spacial score (nSPS) is 11.6. The van der Waals surface area contributed by atoms with Crippen LogP contribution in [0.1, 0.15) is 12.5 Å². The van der Waals surface area contributed by atoms with Gasteiger partial charge in [0.25, 0.3) is 0 Å². The summed E-state index contributed by atoms with van der Waals surface area (Å²) >= 11 is 0. The highest BCUT2D eigenvalue weighted by Crippen LogP contribution is 2.05. The maximum Gasteiger partial charge on any atom is 0.331 e. The Balaban J connectivity index is 0.000000433. The summed E-state index contributed by atoms with van der Waals surface area (Å²) in [5.74, 6) is -3.51. The van der Waals surface area contributed by atoms with Crippen molar-refractivity contribution < 1.29 is 29.7 Å². The lowest BCUT2D eigenvalue weighted by Gasteiger charge is -2.04. The molecule has 0 amide bonds. The van der Waals surface area contributed by atoms with Crippen LogP contribution in [0.15, 0.2) is 47.1 Å². The number of aliphatic carboxylic acids is 3. The van der Waals surface area contributed by atoms with Crippen molar-refractivity contribution in [3.63, 3.8) is 0 Å². The summed E-state index contributed by atoms with van der Waals surface area (Å²) in [5.41, 5.74) is 7.39. The molecule has 0 aliphatic rings. The predicted octanol–water partition coefficient (Wildman–Crippen LogP) is 1.82. The van der Waals surface area contributed by atoms with E-state index in [0.29, 0.717) is 6.08 Å². The van der Waals surface area contributed by atoms with E-state index in [0.717, 1.165) is 5.56 Å². The van der Waals surface area contributed by atoms with Crippen molar-refractivity contribution in [1.82, 2.24) is 0 Å². The molecule has 1 atom stereocenters. The molecule has 0 radical (unpaired) electrons. The summed E-state index contributed by atoms with van der Waals surface area (Å²) in [6, 6.07) is 8.21. The number of benzene rings is 1. The first kappa shape index (κ1) is 19.0. The van der Waals surface area contributed by atoms with Crippen LogP contribution in [0.2, 0.25) is 0 Å². The van der Waals surface area contributed by atoms with Crippen molar-refractivity contribution in [2.24, 2.45) is 5.11 Å². The highest BCUT2D eigenvalue weighted by molar-refractivity contribution is 5.93. The minimum atomic E-state index is -1.24. The van der Waals surface area contributed by atoms with Gasteiger partial charge in [-0.05, 0) is 12.5 Å². The van der Waals surface area contributed by atoms with Gasteiger partial charge >= 0.3 is 17.9 Å². The molecule has 118 valence electrons. The molecule has 0 aliphatic carbocycles. The Morgan fingerprint density at radius 3 is 2.05 bits per heavy atom. The second-order valence-electron chi connectivity index (χ2n) is 4.14. The molecule has 0 aliphatic heterocycles. The van der Waals surface area contributed by atoms with Crippen LogP contribution in [-0.4, -0.2) is 39.3 Å². The molecule has 0 heterocycles. The molecule has 0 fully saturated rings. The van der Waals surface area contributed by atoms with E-state index in [2.05, 4.69) is 5.11 Å². The van der Waals surface area contributed by atoms with E-state index in [1.807, 2.05) is 30.3 Å². The quantitative estimate of drug-likeness (QED) is 0.465. The second-order valence-corrected chi connectivity index (χ2v) is 4.14. The molecular formula is C14H16N2O6. The zero-order valence-corrected chi connectivity index (χ0v) is 11.8. The monoisotopic (exact) mass is 308 g/mol. The third-order valence-electron chi connectivity index (χ3n) is 2.39. The summed E-state index contributed by atoms with van der Waals surface area (Å²) in [7, 11) is 0. The van der Waals surface area contributed by atoms with Gasteiger partial charge in [-0.15, -0.1) is 0 Å². The van der Waals surface area contributed by atoms with E-state index in [1.165, 1.54) is 6.92 Å². The summed E-state index contributed by atoms with van der Waals surface area (Å²) in [5, 5.41) is 27.7. The Morgan fingerprint density at radius 2 is 1.73 bits per heavy atom. The summed E-state index contributed by atoms with van der Waals surface area (Å²) < 4.78 is 0. The molecule has 1 rings (SSSR count). The van der Waals surface area contributed by atoms with E-state index in [4.69, 9.17) is 20.9 Å². The molecule has 22 heavy (non-hydrogen) atoms. The van der Waals surface area contributed by atoms with E-state index in [9.17, 15) is 14.4 Å². The molecule has 0 saturated heterocycles. The summed E-state index contributed by atoms with van der Waals surface area (Å²) in [6.45, 7) is 1.22. The van der Waals surface area contributed by atoms with Gasteiger partial charge in [0.2, 0.25) is 0 Å². The lowest BCUT2D eigenvalue weighted by atomic mass is 10.1. The minimum Gasteiger partial charge on any atom is -0.480 e. The van der Waals surface area contributed by atoms with E-state index in [1.54, 1.807) is 0 Å². The van der Waals surface area contributed by atoms with Crippen LogP contribution >= 0.6 is 0 Å². The summed E-state index contributed by atoms with van der Waals surface area (Å²) in [6.07, 6.45) is 0.919. The molecular weight excluding hydrogens is 292 g/mol. The summed E-state index contributed by atoms with van der Waals surface area (Å²) in [4.78, 5) is 30.2. The van der Waals surface area contributed by atoms with Gasteiger partial charge in [0.1, 0.15) is 0 Å². The van der Waals surface area contributed by atoms with Crippen LogP contribution in [0.25, 0.3) is 0 Å². The van der Waals surface area contributed by atoms with Crippen LogP contribution < -0.4 is 0 Å². The van der Waals surface area contributed by atoms with Gasteiger partial charge in [-0.1, -0.05) is 30.3 Å². The number of carbonyl (C=O) groups is 3. The molecule has 0 bridgehead atoms. The lowest BCUT2D eigenvalue weighted by molar-refractivity contribution is -0.138. The molecule has 1 aromatic rings. The Labute approximate surface area is 126 Å². The SMILES string of the molecule is C/C(=C/C(=O)O)C(=O)O.N=NC(Cc1ccccc1)C(=O)O. The molecule has 0 saturated carbocycles. The molecule has 1 aromatic carbocycles. The Bertz CT molecular complexity index is 568. The predicted molar refractivity (Wildman–Crippen MR) is 75.7 cm³/mol. The van der Waals surface area contributed by atoms with Crippen LogP contribution in [0.5, 0.6) is 0 Å². The van der Waals surface area contributed by atoms with Crippen molar-refractivity contribution >= 4 is 17.9 Å². The van der Waals surface area contributed by atoms with Gasteiger partial charge in [-0.3, -0.25) is 0 Å². The van der Waals surface area contributed by atoms with Crippen molar-refractivity contribution in [2.75, 3.05) is 0 Å². The van der Waals surface area contributed by atoms with Crippen LogP contribution in [0.3, 0.4) is 0 Å². The van der Waals surface area contributed by atoms with Crippen molar-refractivity contribution in [2.45, 2.75) is 19.4 Å². The number of hydrogen-bond donors (Lipinski definition) is 4. The number of carboxylic acid groups (broad SMARTS) is 3. The Kier molecular flexibility index (Phi) is 8.46.